The van der Waals surface area contributed by atoms with Gasteiger partial charge in [0.2, 0.25) is 11.4 Å². The number of rotatable bonds is 4. The first-order chi connectivity index (χ1) is 21.6. The standard InChI is InChI=1S/C35H29NO9/c1-34(2,3)44-33(40)42-29-21-12-8-7-11-20(21)27(37)22-14-18-13-19-15-23-26(32(36-45-23)41-16-17-9-5-4-6-10-17)30(39)35(19)31(43-35)24(18)28(38)25(22)29/h4-12,18-19,37H,13-16H2,1-3H3/t18?,19-,35+/m0/s1. The van der Waals surface area contributed by atoms with Gasteiger partial charge in [0.05, 0.1) is 5.56 Å². The molecule has 0 radical (unpaired) electrons. The summed E-state index contributed by atoms with van der Waals surface area (Å²) in [6.45, 7) is 5.34. The maximum Gasteiger partial charge on any atom is 0.514 e. The summed E-state index contributed by atoms with van der Waals surface area (Å²) in [7, 11) is 0. The second-order valence-corrected chi connectivity index (χ2v) is 13.0. The Hall–Kier alpha value is -5.12. The molecule has 1 aliphatic heterocycles. The number of phenolic OH excluding ortho intramolecular Hbond substituents is 1. The summed E-state index contributed by atoms with van der Waals surface area (Å²) in [5.41, 5.74) is -0.180. The van der Waals surface area contributed by atoms with Crippen LogP contribution in [-0.2, 0) is 28.9 Å². The highest BCUT2D eigenvalue weighted by molar-refractivity contribution is 6.20. The molecule has 1 aromatic heterocycles. The van der Waals surface area contributed by atoms with E-state index in [1.54, 1.807) is 45.0 Å². The van der Waals surface area contributed by atoms with Crippen molar-refractivity contribution in [2.24, 2.45) is 11.8 Å². The molecule has 4 aliphatic rings. The molecule has 8 rings (SSSR count). The maximum absolute atomic E-state index is 14.4. The third-order valence-corrected chi connectivity index (χ3v) is 9.04. The predicted molar refractivity (Wildman–Crippen MR) is 158 cm³/mol. The maximum atomic E-state index is 14.4. The summed E-state index contributed by atoms with van der Waals surface area (Å²) in [5, 5.41) is 16.3. The summed E-state index contributed by atoms with van der Waals surface area (Å²) >= 11 is 0. The van der Waals surface area contributed by atoms with Crippen molar-refractivity contribution in [3.63, 3.8) is 0 Å². The van der Waals surface area contributed by atoms with Crippen LogP contribution in [0, 0.1) is 11.8 Å². The van der Waals surface area contributed by atoms with E-state index in [4.69, 9.17) is 23.5 Å². The van der Waals surface area contributed by atoms with Gasteiger partial charge in [-0.1, -0.05) is 54.6 Å². The molecule has 3 aliphatic carbocycles. The van der Waals surface area contributed by atoms with Crippen molar-refractivity contribution in [2.45, 2.75) is 57.8 Å². The number of fused-ring (bicyclic) bond motifs is 4. The molecule has 2 heterocycles. The van der Waals surface area contributed by atoms with Crippen molar-refractivity contribution in [3.8, 4) is 17.4 Å². The number of carbonyl (C=O) groups excluding carboxylic acids is 3. The van der Waals surface area contributed by atoms with Gasteiger partial charge >= 0.3 is 6.16 Å². The summed E-state index contributed by atoms with van der Waals surface area (Å²) in [6, 6.07) is 16.4. The third kappa shape index (κ3) is 4.08. The topological polar surface area (TPSA) is 138 Å². The fraction of sp³-hybridized carbons (Fsp3) is 0.314. The zero-order chi connectivity index (χ0) is 31.2. The number of aromatic nitrogens is 1. The van der Waals surface area contributed by atoms with Crippen LogP contribution in [0.15, 0.2) is 70.5 Å². The first-order valence-electron chi connectivity index (χ1n) is 14.9. The summed E-state index contributed by atoms with van der Waals surface area (Å²) in [5.74, 6) is -0.589. The molecule has 1 saturated heterocycles. The third-order valence-electron chi connectivity index (χ3n) is 9.04. The van der Waals surface area contributed by atoms with Crippen molar-refractivity contribution < 1.29 is 43.0 Å². The number of ether oxygens (including phenoxy) is 4. The van der Waals surface area contributed by atoms with E-state index in [2.05, 4.69) is 5.16 Å². The van der Waals surface area contributed by atoms with Gasteiger partial charge in [-0.3, -0.25) is 9.59 Å². The number of benzene rings is 3. The lowest BCUT2D eigenvalue weighted by Crippen LogP contribution is -2.44. The van der Waals surface area contributed by atoms with Crippen molar-refractivity contribution in [2.75, 3.05) is 0 Å². The molecule has 3 aromatic carbocycles. The normalized spacial score (nSPS) is 22.8. The van der Waals surface area contributed by atoms with Gasteiger partial charge in [-0.15, -0.1) is 0 Å². The van der Waals surface area contributed by atoms with E-state index in [0.717, 1.165) is 5.56 Å². The van der Waals surface area contributed by atoms with E-state index >= 15 is 0 Å². The zero-order valence-electron chi connectivity index (χ0n) is 24.8. The lowest BCUT2D eigenvalue weighted by atomic mass is 9.63. The van der Waals surface area contributed by atoms with Crippen LogP contribution in [0.2, 0.25) is 0 Å². The Morgan fingerprint density at radius 1 is 1.02 bits per heavy atom. The Bertz CT molecular complexity index is 1980. The van der Waals surface area contributed by atoms with E-state index in [1.165, 1.54) is 0 Å². The number of phenols is 1. The van der Waals surface area contributed by atoms with Gasteiger partial charge in [-0.2, -0.15) is 0 Å². The lowest BCUT2D eigenvalue weighted by molar-refractivity contribution is 0.0207. The molecule has 1 spiro atoms. The zero-order valence-corrected chi connectivity index (χ0v) is 24.8. The molecule has 1 fully saturated rings. The highest BCUT2D eigenvalue weighted by atomic mass is 16.7. The van der Waals surface area contributed by atoms with Gasteiger partial charge in [0, 0.05) is 34.2 Å². The number of ketones is 2. The summed E-state index contributed by atoms with van der Waals surface area (Å²) in [6.07, 6.45) is 0.153. The van der Waals surface area contributed by atoms with Crippen LogP contribution in [0.3, 0.4) is 0 Å². The molecular formula is C35H29NO9. The second-order valence-electron chi connectivity index (χ2n) is 13.0. The van der Waals surface area contributed by atoms with Gasteiger partial charge in [-0.05, 0) is 50.3 Å². The number of hydrogen-bond donors (Lipinski definition) is 1. The summed E-state index contributed by atoms with van der Waals surface area (Å²) in [4.78, 5) is 41.4. The number of hydrogen-bond acceptors (Lipinski definition) is 10. The molecule has 1 unspecified atom stereocenters. The largest absolute Gasteiger partial charge is 0.514 e. The van der Waals surface area contributed by atoms with Gasteiger partial charge in [-0.25, -0.2) is 4.79 Å². The number of epoxide rings is 1. The van der Waals surface area contributed by atoms with Crippen LogP contribution in [0.5, 0.6) is 17.4 Å². The van der Waals surface area contributed by atoms with E-state index in [9.17, 15) is 19.5 Å². The van der Waals surface area contributed by atoms with Gasteiger partial charge in [0.1, 0.15) is 23.5 Å². The fourth-order valence-electron chi connectivity index (χ4n) is 7.13. The quantitative estimate of drug-likeness (QED) is 0.161. The van der Waals surface area contributed by atoms with E-state index in [-0.39, 0.29) is 52.7 Å². The minimum atomic E-state index is -1.31. The average molecular weight is 608 g/mol. The highest BCUT2D eigenvalue weighted by Crippen LogP contribution is 2.63. The summed E-state index contributed by atoms with van der Waals surface area (Å²) < 4.78 is 28.8. The molecule has 10 heteroatoms. The Kier molecular flexibility index (Phi) is 5.75. The molecule has 1 N–H and O–H groups in total. The van der Waals surface area contributed by atoms with Crippen LogP contribution >= 0.6 is 0 Å². The SMILES string of the molecule is CC(C)(C)OC(=O)Oc1c2c(c(O)c3ccccc13)CC1C[C@H]3Cc4onc(OCc5ccccc5)c4C(=O)[C@]34OC4=C1C2=O. The minimum absolute atomic E-state index is 0.00825. The second kappa shape index (κ2) is 9.44. The number of aromatic hydroxyl groups is 1. The van der Waals surface area contributed by atoms with Crippen LogP contribution in [0.1, 0.15) is 64.8 Å². The molecule has 45 heavy (non-hydrogen) atoms. The molecule has 3 atom stereocenters. The number of carbonyl (C=O) groups is 3. The van der Waals surface area contributed by atoms with Gasteiger partial charge in [0.15, 0.2) is 23.1 Å². The molecule has 0 saturated carbocycles. The van der Waals surface area contributed by atoms with Crippen LogP contribution in [0.25, 0.3) is 10.8 Å². The Labute approximate surface area is 257 Å². The van der Waals surface area contributed by atoms with Gasteiger partial charge < -0.3 is 28.6 Å². The predicted octanol–water partition coefficient (Wildman–Crippen LogP) is 6.26. The fourth-order valence-corrected chi connectivity index (χ4v) is 7.13. The van der Waals surface area contributed by atoms with Crippen LogP contribution in [0.4, 0.5) is 4.79 Å². The smallest absolute Gasteiger partial charge is 0.507 e. The molecule has 0 bridgehead atoms. The first-order valence-corrected chi connectivity index (χ1v) is 14.9. The number of Topliss-reactive ketones (excluding diaryl/α,β-unsaturated/α-hetero) is 2. The van der Waals surface area contributed by atoms with E-state index in [1.807, 2.05) is 30.3 Å². The molecule has 4 aromatic rings. The number of allylic oxidation sites excluding steroid dienone is 1. The molecular weight excluding hydrogens is 578 g/mol. The first kappa shape index (κ1) is 27.4. The average Bonchev–Trinajstić information content (AvgIpc) is 3.63. The Morgan fingerprint density at radius 3 is 2.51 bits per heavy atom. The van der Waals surface area contributed by atoms with Crippen molar-refractivity contribution in [1.29, 1.82) is 0 Å². The molecule has 228 valence electrons. The van der Waals surface area contributed by atoms with Crippen LogP contribution in [-0.4, -0.2) is 39.2 Å². The monoisotopic (exact) mass is 607 g/mol. The van der Waals surface area contributed by atoms with Crippen molar-refractivity contribution in [3.05, 3.63) is 93.9 Å². The van der Waals surface area contributed by atoms with Crippen molar-refractivity contribution >= 4 is 28.5 Å². The molecule has 0 amide bonds. The van der Waals surface area contributed by atoms with E-state index in [0.29, 0.717) is 52.7 Å². The van der Waals surface area contributed by atoms with Crippen molar-refractivity contribution in [1.82, 2.24) is 5.16 Å². The van der Waals surface area contributed by atoms with Crippen LogP contribution < -0.4 is 9.47 Å². The Morgan fingerprint density at radius 2 is 1.76 bits per heavy atom. The van der Waals surface area contributed by atoms with E-state index < -0.39 is 23.1 Å². The highest BCUT2D eigenvalue weighted by Gasteiger charge is 2.72. The molecule has 10 nitrogen and oxygen atoms in total. The van der Waals surface area contributed by atoms with Gasteiger partial charge in [0.25, 0.3) is 5.88 Å². The lowest BCUT2D eigenvalue weighted by Gasteiger charge is -2.35. The number of nitrogens with zero attached hydrogens (tertiary/aromatic N) is 1. The minimum Gasteiger partial charge on any atom is -0.507 e. The Balaban J connectivity index is 1.19.